The van der Waals surface area contributed by atoms with Crippen LogP contribution in [-0.4, -0.2) is 63.0 Å². The molecule has 0 bridgehead atoms. The van der Waals surface area contributed by atoms with Crippen molar-refractivity contribution in [2.45, 2.75) is 58.8 Å². The Morgan fingerprint density at radius 3 is 2.10 bits per heavy atom. The summed E-state index contributed by atoms with van der Waals surface area (Å²) in [5.74, 6) is 0. The number of piperazine rings is 1. The largest absolute Gasteiger partial charge is 0.444 e. The Kier molecular flexibility index (Phi) is 7.43. The number of carbonyl (C=O) groups is 1. The van der Waals surface area contributed by atoms with Gasteiger partial charge in [-0.2, -0.15) is 0 Å². The summed E-state index contributed by atoms with van der Waals surface area (Å²) in [6.07, 6.45) is 0.474. The predicted octanol–water partition coefficient (Wildman–Crippen LogP) is 3.70. The van der Waals surface area contributed by atoms with Crippen molar-refractivity contribution in [2.75, 3.05) is 41.9 Å². The molecule has 1 saturated heterocycles. The van der Waals surface area contributed by atoms with Crippen molar-refractivity contribution in [1.29, 1.82) is 0 Å². The molecule has 164 valence electrons. The van der Waals surface area contributed by atoms with Crippen molar-refractivity contribution in [3.05, 3.63) is 24.3 Å². The van der Waals surface area contributed by atoms with Crippen molar-refractivity contribution in [1.82, 2.24) is 4.90 Å². The normalized spacial score (nSPS) is 15.6. The Labute approximate surface area is 175 Å². The summed E-state index contributed by atoms with van der Waals surface area (Å²) >= 11 is 0. The molecule has 0 aliphatic carbocycles. The van der Waals surface area contributed by atoms with Crippen LogP contribution < -0.4 is 9.21 Å². The van der Waals surface area contributed by atoms with E-state index in [4.69, 9.17) is 4.74 Å². The topological polar surface area (TPSA) is 70.2 Å². The minimum atomic E-state index is -3.36. The molecule has 0 saturated carbocycles. The second-order valence-electron chi connectivity index (χ2n) is 8.64. The Bertz CT molecular complexity index is 777. The SMILES string of the molecule is CCCN(c1ccc(N2CCN(C(=O)OC(C)(C)C)CC2)cc1)S(=O)(=O)C(C)C. The molecule has 0 unspecified atom stereocenters. The second kappa shape index (κ2) is 9.24. The lowest BCUT2D eigenvalue weighted by molar-refractivity contribution is 0.0240. The molecule has 0 aromatic heterocycles. The molecule has 1 heterocycles. The number of ether oxygens (including phenoxy) is 1. The van der Waals surface area contributed by atoms with Crippen LogP contribution in [0.15, 0.2) is 24.3 Å². The van der Waals surface area contributed by atoms with E-state index in [0.29, 0.717) is 38.4 Å². The van der Waals surface area contributed by atoms with E-state index in [1.54, 1.807) is 18.7 Å². The van der Waals surface area contributed by atoms with Gasteiger partial charge in [-0.25, -0.2) is 13.2 Å². The van der Waals surface area contributed by atoms with E-state index >= 15 is 0 Å². The maximum Gasteiger partial charge on any atom is 0.410 e. The average molecular weight is 426 g/mol. The van der Waals surface area contributed by atoms with Gasteiger partial charge in [0.15, 0.2) is 0 Å². The predicted molar refractivity (Wildman–Crippen MR) is 118 cm³/mol. The second-order valence-corrected chi connectivity index (χ2v) is 11.1. The fourth-order valence-corrected chi connectivity index (χ4v) is 4.53. The van der Waals surface area contributed by atoms with E-state index in [9.17, 15) is 13.2 Å². The van der Waals surface area contributed by atoms with E-state index in [0.717, 1.165) is 12.1 Å². The van der Waals surface area contributed by atoms with Crippen molar-refractivity contribution < 1.29 is 17.9 Å². The zero-order valence-corrected chi connectivity index (χ0v) is 19.3. The van der Waals surface area contributed by atoms with Crippen LogP contribution >= 0.6 is 0 Å². The third-order valence-corrected chi connectivity index (χ3v) is 6.96. The molecule has 0 radical (unpaired) electrons. The van der Waals surface area contributed by atoms with Crippen LogP contribution in [-0.2, 0) is 14.8 Å². The summed E-state index contributed by atoms with van der Waals surface area (Å²) in [5.41, 5.74) is 1.22. The highest BCUT2D eigenvalue weighted by Gasteiger charge is 2.27. The van der Waals surface area contributed by atoms with Crippen molar-refractivity contribution in [2.24, 2.45) is 0 Å². The van der Waals surface area contributed by atoms with Crippen LogP contribution in [0.4, 0.5) is 16.2 Å². The summed E-state index contributed by atoms with van der Waals surface area (Å²) in [5, 5.41) is -0.463. The van der Waals surface area contributed by atoms with Crippen LogP contribution in [0.2, 0.25) is 0 Å². The van der Waals surface area contributed by atoms with Gasteiger partial charge in [-0.1, -0.05) is 6.92 Å². The molecule has 2 rings (SSSR count). The monoisotopic (exact) mass is 425 g/mol. The lowest BCUT2D eigenvalue weighted by Crippen LogP contribution is -2.50. The van der Waals surface area contributed by atoms with Gasteiger partial charge >= 0.3 is 6.09 Å². The van der Waals surface area contributed by atoms with Crippen molar-refractivity contribution >= 4 is 27.5 Å². The van der Waals surface area contributed by atoms with Crippen molar-refractivity contribution in [3.8, 4) is 0 Å². The first-order valence-electron chi connectivity index (χ1n) is 10.3. The fourth-order valence-electron chi connectivity index (χ4n) is 3.16. The van der Waals surface area contributed by atoms with Crippen LogP contribution in [0.1, 0.15) is 48.0 Å². The average Bonchev–Trinajstić information content (AvgIpc) is 2.65. The molecule has 1 aromatic carbocycles. The number of hydrogen-bond acceptors (Lipinski definition) is 5. The maximum absolute atomic E-state index is 12.7. The molecule has 29 heavy (non-hydrogen) atoms. The summed E-state index contributed by atoms with van der Waals surface area (Å²) in [6, 6.07) is 7.64. The molecule has 1 amide bonds. The van der Waals surface area contributed by atoms with E-state index in [-0.39, 0.29) is 6.09 Å². The van der Waals surface area contributed by atoms with E-state index in [2.05, 4.69) is 4.90 Å². The first-order valence-corrected chi connectivity index (χ1v) is 11.8. The van der Waals surface area contributed by atoms with E-state index < -0.39 is 20.9 Å². The molecular weight excluding hydrogens is 390 g/mol. The number of anilines is 2. The number of amides is 1. The maximum atomic E-state index is 12.7. The summed E-state index contributed by atoms with van der Waals surface area (Å²) in [4.78, 5) is 16.1. The lowest BCUT2D eigenvalue weighted by Gasteiger charge is -2.37. The van der Waals surface area contributed by atoms with E-state index in [1.165, 1.54) is 4.31 Å². The van der Waals surface area contributed by atoms with E-state index in [1.807, 2.05) is 52.0 Å². The zero-order valence-electron chi connectivity index (χ0n) is 18.5. The van der Waals surface area contributed by atoms with Gasteiger partial charge in [0.2, 0.25) is 10.0 Å². The Morgan fingerprint density at radius 2 is 1.66 bits per heavy atom. The van der Waals surface area contributed by atoms with Gasteiger partial charge < -0.3 is 14.5 Å². The van der Waals surface area contributed by atoms with Gasteiger partial charge in [0.25, 0.3) is 0 Å². The number of rotatable bonds is 6. The molecular formula is C21H35N3O4S. The van der Waals surface area contributed by atoms with Gasteiger partial charge in [-0.15, -0.1) is 0 Å². The van der Waals surface area contributed by atoms with Crippen LogP contribution in [0.3, 0.4) is 0 Å². The fraction of sp³-hybridized carbons (Fsp3) is 0.667. The highest BCUT2D eigenvalue weighted by atomic mass is 32.2. The number of sulfonamides is 1. The van der Waals surface area contributed by atoms with Gasteiger partial charge in [0.1, 0.15) is 5.60 Å². The van der Waals surface area contributed by atoms with Crippen LogP contribution in [0.5, 0.6) is 0 Å². The highest BCUT2D eigenvalue weighted by Crippen LogP contribution is 2.26. The summed E-state index contributed by atoms with van der Waals surface area (Å²) < 4.78 is 32.3. The highest BCUT2D eigenvalue weighted by molar-refractivity contribution is 7.93. The van der Waals surface area contributed by atoms with Crippen molar-refractivity contribution in [3.63, 3.8) is 0 Å². The minimum absolute atomic E-state index is 0.276. The number of carbonyl (C=O) groups excluding carboxylic acids is 1. The standard InChI is InChI=1S/C21H35N3O4S/c1-7-12-24(29(26,27)17(2)3)19-10-8-18(9-11-19)22-13-15-23(16-14-22)20(25)28-21(4,5)6/h8-11,17H,7,12-16H2,1-6H3. The van der Waals surface area contributed by atoms with Crippen LogP contribution in [0.25, 0.3) is 0 Å². The number of benzene rings is 1. The third kappa shape index (κ3) is 6.01. The minimum Gasteiger partial charge on any atom is -0.444 e. The molecule has 0 spiro atoms. The summed E-state index contributed by atoms with van der Waals surface area (Å²) in [7, 11) is -3.36. The first-order chi connectivity index (χ1) is 13.5. The molecule has 1 fully saturated rings. The zero-order chi connectivity index (χ0) is 21.8. The van der Waals surface area contributed by atoms with Crippen LogP contribution in [0, 0.1) is 0 Å². The lowest BCUT2D eigenvalue weighted by atomic mass is 10.2. The molecule has 8 heteroatoms. The van der Waals surface area contributed by atoms with Gasteiger partial charge in [0, 0.05) is 38.4 Å². The first kappa shape index (κ1) is 23.3. The Morgan fingerprint density at radius 1 is 1.10 bits per heavy atom. The molecule has 1 aliphatic heterocycles. The molecule has 7 nitrogen and oxygen atoms in total. The Balaban J connectivity index is 2.05. The van der Waals surface area contributed by atoms with Gasteiger partial charge in [0.05, 0.1) is 10.9 Å². The smallest absolute Gasteiger partial charge is 0.410 e. The molecule has 1 aromatic rings. The van der Waals surface area contributed by atoms with Gasteiger partial charge in [-0.05, 0) is 65.3 Å². The van der Waals surface area contributed by atoms with Gasteiger partial charge in [-0.3, -0.25) is 4.31 Å². The number of hydrogen-bond donors (Lipinski definition) is 0. The quantitative estimate of drug-likeness (QED) is 0.695. The third-order valence-electron chi connectivity index (χ3n) is 4.76. The summed E-state index contributed by atoms with van der Waals surface area (Å²) in [6.45, 7) is 14.1. The Hall–Kier alpha value is -1.96. The molecule has 0 atom stereocenters. The molecule has 0 N–H and O–H groups in total. The number of nitrogens with zero attached hydrogens (tertiary/aromatic N) is 3. The molecule has 1 aliphatic rings.